The average molecular weight is 260 g/mol. The lowest BCUT2D eigenvalue weighted by atomic mass is 10.0. The zero-order valence-corrected chi connectivity index (χ0v) is 11.4. The summed E-state index contributed by atoms with van der Waals surface area (Å²) in [5.41, 5.74) is 3.21. The summed E-state index contributed by atoms with van der Waals surface area (Å²) in [5.74, 6) is -0.139. The van der Waals surface area contributed by atoms with Gasteiger partial charge in [-0.1, -0.05) is 25.5 Å². The molecule has 1 aliphatic carbocycles. The van der Waals surface area contributed by atoms with Crippen LogP contribution in [0, 0.1) is 5.82 Å². The highest BCUT2D eigenvalue weighted by Gasteiger charge is 2.23. The molecule has 1 aliphatic rings. The molecule has 0 amide bonds. The van der Waals surface area contributed by atoms with E-state index in [1.165, 1.54) is 30.2 Å². The summed E-state index contributed by atoms with van der Waals surface area (Å²) < 4.78 is 13.9. The maximum Gasteiger partial charge on any atom is 0.147 e. The fourth-order valence-electron chi connectivity index (χ4n) is 3.17. The highest BCUT2D eigenvalue weighted by molar-refractivity contribution is 5.85. The topological polar surface area (TPSA) is 27.8 Å². The van der Waals surface area contributed by atoms with E-state index in [2.05, 4.69) is 17.2 Å². The molecule has 1 aromatic carbocycles. The number of para-hydroxylation sites is 1. The molecule has 1 atom stereocenters. The second-order valence-corrected chi connectivity index (χ2v) is 5.43. The molecule has 0 aliphatic heterocycles. The maximum atomic E-state index is 13.9. The van der Waals surface area contributed by atoms with Gasteiger partial charge in [0.2, 0.25) is 0 Å². The smallest absolute Gasteiger partial charge is 0.147 e. The van der Waals surface area contributed by atoms with E-state index >= 15 is 0 Å². The number of rotatable bonds is 3. The van der Waals surface area contributed by atoms with Gasteiger partial charge in [-0.3, -0.25) is 0 Å². The number of hydrogen-bond acceptors (Lipinski definition) is 1. The van der Waals surface area contributed by atoms with Crippen molar-refractivity contribution in [2.24, 2.45) is 0 Å². The largest absolute Gasteiger partial charge is 0.356 e. The third-order valence-corrected chi connectivity index (χ3v) is 4.06. The molecule has 0 saturated heterocycles. The number of fused-ring (bicyclic) bond motifs is 3. The van der Waals surface area contributed by atoms with Crippen LogP contribution in [0.3, 0.4) is 0 Å². The van der Waals surface area contributed by atoms with E-state index in [9.17, 15) is 4.39 Å². The number of halogens is 1. The average Bonchev–Trinajstić information content (AvgIpc) is 2.67. The number of aromatic amines is 1. The Balaban J connectivity index is 2.10. The molecule has 3 rings (SSSR count). The number of aryl methyl sites for hydroxylation is 1. The first-order valence-electron chi connectivity index (χ1n) is 7.33. The molecule has 0 bridgehead atoms. The Hall–Kier alpha value is -1.35. The second-order valence-electron chi connectivity index (χ2n) is 5.43. The van der Waals surface area contributed by atoms with Crippen LogP contribution in [0.2, 0.25) is 0 Å². The molecule has 1 unspecified atom stereocenters. The van der Waals surface area contributed by atoms with Gasteiger partial charge in [-0.05, 0) is 43.9 Å². The molecule has 0 saturated carbocycles. The fourth-order valence-corrected chi connectivity index (χ4v) is 3.17. The summed E-state index contributed by atoms with van der Waals surface area (Å²) in [5, 5.41) is 4.68. The Morgan fingerprint density at radius 1 is 1.37 bits per heavy atom. The van der Waals surface area contributed by atoms with E-state index in [-0.39, 0.29) is 5.82 Å². The van der Waals surface area contributed by atoms with Crippen molar-refractivity contribution in [1.29, 1.82) is 0 Å². The summed E-state index contributed by atoms with van der Waals surface area (Å²) in [7, 11) is 0. The quantitative estimate of drug-likeness (QED) is 0.800. The van der Waals surface area contributed by atoms with Crippen LogP contribution in [0.25, 0.3) is 10.9 Å². The molecule has 0 fully saturated rings. The van der Waals surface area contributed by atoms with E-state index in [1.807, 2.05) is 12.1 Å². The predicted molar refractivity (Wildman–Crippen MR) is 76.8 cm³/mol. The first kappa shape index (κ1) is 12.7. The molecular formula is C16H21FN2. The molecule has 1 heterocycles. The van der Waals surface area contributed by atoms with Gasteiger partial charge in [-0.25, -0.2) is 4.39 Å². The molecule has 2 N–H and O–H groups in total. The Morgan fingerprint density at radius 2 is 2.26 bits per heavy atom. The van der Waals surface area contributed by atoms with E-state index < -0.39 is 0 Å². The van der Waals surface area contributed by atoms with Crippen molar-refractivity contribution in [3.8, 4) is 0 Å². The minimum absolute atomic E-state index is 0.139. The van der Waals surface area contributed by atoms with Crippen molar-refractivity contribution in [2.75, 3.05) is 6.54 Å². The Morgan fingerprint density at radius 3 is 3.11 bits per heavy atom. The molecule has 19 heavy (non-hydrogen) atoms. The van der Waals surface area contributed by atoms with E-state index in [4.69, 9.17) is 0 Å². The lowest BCUT2D eigenvalue weighted by Gasteiger charge is -2.17. The minimum Gasteiger partial charge on any atom is -0.356 e. The van der Waals surface area contributed by atoms with Gasteiger partial charge in [-0.15, -0.1) is 0 Å². The zero-order valence-electron chi connectivity index (χ0n) is 11.4. The van der Waals surface area contributed by atoms with Crippen LogP contribution in [0.4, 0.5) is 4.39 Å². The van der Waals surface area contributed by atoms with E-state index in [0.717, 1.165) is 31.2 Å². The first-order chi connectivity index (χ1) is 9.31. The summed E-state index contributed by atoms with van der Waals surface area (Å²) >= 11 is 0. The SMILES string of the molecule is CCCNC1CCCCc2[nH]c3c(F)cccc3c21. The zero-order chi connectivity index (χ0) is 13.2. The van der Waals surface area contributed by atoms with Crippen LogP contribution in [0.1, 0.15) is 49.9 Å². The van der Waals surface area contributed by atoms with Crippen molar-refractivity contribution in [3.63, 3.8) is 0 Å². The number of benzene rings is 1. The van der Waals surface area contributed by atoms with Crippen LogP contribution in [0.5, 0.6) is 0 Å². The van der Waals surface area contributed by atoms with Gasteiger partial charge in [0.1, 0.15) is 5.82 Å². The highest BCUT2D eigenvalue weighted by atomic mass is 19.1. The first-order valence-corrected chi connectivity index (χ1v) is 7.33. The number of aromatic nitrogens is 1. The molecule has 2 aromatic rings. The molecule has 0 radical (unpaired) electrons. The normalized spacial score (nSPS) is 19.4. The highest BCUT2D eigenvalue weighted by Crippen LogP contribution is 2.35. The molecule has 2 nitrogen and oxygen atoms in total. The van der Waals surface area contributed by atoms with E-state index in [1.54, 1.807) is 0 Å². The van der Waals surface area contributed by atoms with Crippen LogP contribution < -0.4 is 5.32 Å². The van der Waals surface area contributed by atoms with Crippen molar-refractivity contribution in [3.05, 3.63) is 35.3 Å². The summed E-state index contributed by atoms with van der Waals surface area (Å²) in [6, 6.07) is 5.76. The molecule has 1 aromatic heterocycles. The Kier molecular flexibility index (Phi) is 3.56. The molecule has 3 heteroatoms. The number of hydrogen-bond donors (Lipinski definition) is 2. The monoisotopic (exact) mass is 260 g/mol. The van der Waals surface area contributed by atoms with Gasteiger partial charge in [0.05, 0.1) is 5.52 Å². The maximum absolute atomic E-state index is 13.9. The van der Waals surface area contributed by atoms with Crippen molar-refractivity contribution in [2.45, 2.75) is 45.1 Å². The van der Waals surface area contributed by atoms with Crippen LogP contribution in [-0.2, 0) is 6.42 Å². The second kappa shape index (κ2) is 5.33. The molecule has 102 valence electrons. The van der Waals surface area contributed by atoms with Crippen LogP contribution in [0.15, 0.2) is 18.2 Å². The van der Waals surface area contributed by atoms with Gasteiger partial charge in [-0.2, -0.15) is 0 Å². The van der Waals surface area contributed by atoms with Gasteiger partial charge in [0, 0.05) is 17.1 Å². The van der Waals surface area contributed by atoms with Gasteiger partial charge >= 0.3 is 0 Å². The van der Waals surface area contributed by atoms with E-state index in [0.29, 0.717) is 11.6 Å². The number of nitrogens with one attached hydrogen (secondary N) is 2. The van der Waals surface area contributed by atoms with Gasteiger partial charge in [0.15, 0.2) is 0 Å². The molecule has 0 spiro atoms. The number of H-pyrrole nitrogens is 1. The van der Waals surface area contributed by atoms with Crippen LogP contribution >= 0.6 is 0 Å². The Labute approximate surface area is 113 Å². The summed E-state index contributed by atoms with van der Waals surface area (Å²) in [6.07, 6.45) is 5.74. The lowest BCUT2D eigenvalue weighted by molar-refractivity contribution is 0.492. The summed E-state index contributed by atoms with van der Waals surface area (Å²) in [6.45, 7) is 3.20. The molecular weight excluding hydrogens is 239 g/mol. The van der Waals surface area contributed by atoms with Crippen molar-refractivity contribution < 1.29 is 4.39 Å². The Bertz CT molecular complexity index is 573. The van der Waals surface area contributed by atoms with Crippen molar-refractivity contribution in [1.82, 2.24) is 10.3 Å². The van der Waals surface area contributed by atoms with Gasteiger partial charge in [0.25, 0.3) is 0 Å². The third-order valence-electron chi connectivity index (χ3n) is 4.06. The lowest BCUT2D eigenvalue weighted by Crippen LogP contribution is -2.22. The summed E-state index contributed by atoms with van der Waals surface area (Å²) in [4.78, 5) is 3.32. The predicted octanol–water partition coefficient (Wildman–Crippen LogP) is 4.07. The fraction of sp³-hybridized carbons (Fsp3) is 0.500. The van der Waals surface area contributed by atoms with Crippen molar-refractivity contribution >= 4 is 10.9 Å². The third kappa shape index (κ3) is 2.27. The minimum atomic E-state index is -0.139. The van der Waals surface area contributed by atoms with Crippen LogP contribution in [-0.4, -0.2) is 11.5 Å². The standard InChI is InChI=1S/C16H21FN2/c1-2-10-18-13-8-3-4-9-14-15(13)11-6-5-7-12(17)16(11)19-14/h5-7,13,18-19H,2-4,8-10H2,1H3. The van der Waals surface area contributed by atoms with Gasteiger partial charge < -0.3 is 10.3 Å².